The van der Waals surface area contributed by atoms with Crippen molar-refractivity contribution in [2.24, 2.45) is 0 Å². The fraction of sp³-hybridized carbons (Fsp3) is 0.471. The molecule has 0 radical (unpaired) electrons. The monoisotopic (exact) mass is 288 g/mol. The summed E-state index contributed by atoms with van der Waals surface area (Å²) in [6, 6.07) is 11.4. The van der Waals surface area contributed by atoms with Gasteiger partial charge in [-0.2, -0.15) is 0 Å². The van der Waals surface area contributed by atoms with E-state index in [1.54, 1.807) is 0 Å². The van der Waals surface area contributed by atoms with Gasteiger partial charge in [0, 0.05) is 36.6 Å². The third-order valence-corrected chi connectivity index (χ3v) is 4.43. The quantitative estimate of drug-likeness (QED) is 0.766. The van der Waals surface area contributed by atoms with E-state index >= 15 is 0 Å². The molecule has 1 heterocycles. The van der Waals surface area contributed by atoms with Crippen LogP contribution in [0.4, 0.5) is 0 Å². The zero-order valence-electron chi connectivity index (χ0n) is 11.8. The zero-order chi connectivity index (χ0) is 13.8. The Bertz CT molecular complexity index is 564. The Hall–Kier alpha value is -1.12. The van der Waals surface area contributed by atoms with Crippen LogP contribution < -0.4 is 0 Å². The first-order valence-corrected chi connectivity index (χ1v) is 8.04. The Labute approximate surface area is 125 Å². The topological polar surface area (TPSA) is 16.1 Å². The minimum absolute atomic E-state index is 0.714. The summed E-state index contributed by atoms with van der Waals surface area (Å²) in [7, 11) is 0. The van der Waals surface area contributed by atoms with E-state index in [-0.39, 0.29) is 0 Å². The van der Waals surface area contributed by atoms with Gasteiger partial charge in [0.15, 0.2) is 0 Å². The highest BCUT2D eigenvalue weighted by atomic mass is 35.5. The summed E-state index contributed by atoms with van der Waals surface area (Å²) in [6.45, 7) is 1.99. The average molecular weight is 289 g/mol. The van der Waals surface area contributed by atoms with E-state index in [9.17, 15) is 0 Å². The van der Waals surface area contributed by atoms with E-state index in [4.69, 9.17) is 11.6 Å². The molecule has 0 atom stereocenters. The van der Waals surface area contributed by atoms with E-state index in [1.165, 1.54) is 36.6 Å². The lowest BCUT2D eigenvalue weighted by molar-refractivity contribution is 0.201. The number of rotatable bonds is 5. The Morgan fingerprint density at radius 3 is 2.85 bits per heavy atom. The van der Waals surface area contributed by atoms with Crippen molar-refractivity contribution in [2.75, 3.05) is 12.4 Å². The minimum atomic E-state index is 0.714. The molecule has 0 amide bonds. The molecule has 0 bridgehead atoms. The van der Waals surface area contributed by atoms with Gasteiger partial charge in [0.1, 0.15) is 0 Å². The number of pyridine rings is 1. The minimum Gasteiger partial charge on any atom is -0.295 e. The predicted molar refractivity (Wildman–Crippen MR) is 85.1 cm³/mol. The molecule has 2 aromatic rings. The molecule has 1 aliphatic rings. The summed E-state index contributed by atoms with van der Waals surface area (Å²) in [5.41, 5.74) is 2.43. The lowest BCUT2D eigenvalue weighted by atomic mass is 10.1. The number of halogens is 1. The average Bonchev–Trinajstić information content (AvgIpc) is 3.01. The van der Waals surface area contributed by atoms with E-state index in [2.05, 4.69) is 34.1 Å². The molecule has 1 fully saturated rings. The molecule has 0 N–H and O–H groups in total. The van der Waals surface area contributed by atoms with E-state index in [0.29, 0.717) is 5.88 Å². The van der Waals surface area contributed by atoms with Crippen molar-refractivity contribution in [3.05, 3.63) is 42.1 Å². The van der Waals surface area contributed by atoms with Crippen LogP contribution in [-0.4, -0.2) is 28.4 Å². The highest BCUT2D eigenvalue weighted by molar-refractivity contribution is 6.18. The number of hydrogen-bond donors (Lipinski definition) is 0. The summed E-state index contributed by atoms with van der Waals surface area (Å²) in [5, 5.41) is 1.22. The second kappa shape index (κ2) is 6.55. The van der Waals surface area contributed by atoms with Gasteiger partial charge < -0.3 is 0 Å². The Kier molecular flexibility index (Phi) is 4.54. The second-order valence-corrected chi connectivity index (χ2v) is 6.01. The van der Waals surface area contributed by atoms with Gasteiger partial charge in [-0.05, 0) is 36.6 Å². The molecule has 20 heavy (non-hydrogen) atoms. The smallest absolute Gasteiger partial charge is 0.0702 e. The van der Waals surface area contributed by atoms with Crippen LogP contribution in [-0.2, 0) is 6.54 Å². The van der Waals surface area contributed by atoms with Gasteiger partial charge in [0.25, 0.3) is 0 Å². The van der Waals surface area contributed by atoms with Crippen LogP contribution in [0.1, 0.15) is 31.2 Å². The number of fused-ring (bicyclic) bond motifs is 1. The van der Waals surface area contributed by atoms with Crippen molar-refractivity contribution >= 4 is 22.5 Å². The van der Waals surface area contributed by atoms with Crippen LogP contribution in [0.5, 0.6) is 0 Å². The number of alkyl halides is 1. The maximum absolute atomic E-state index is 5.98. The Morgan fingerprint density at radius 2 is 2.05 bits per heavy atom. The van der Waals surface area contributed by atoms with Crippen LogP contribution >= 0.6 is 11.6 Å². The third-order valence-electron chi connectivity index (χ3n) is 4.27. The molecule has 1 aromatic heterocycles. The molecule has 1 saturated carbocycles. The first-order valence-electron chi connectivity index (χ1n) is 7.50. The van der Waals surface area contributed by atoms with Crippen molar-refractivity contribution in [1.82, 2.24) is 9.88 Å². The van der Waals surface area contributed by atoms with Crippen molar-refractivity contribution in [2.45, 2.75) is 38.3 Å². The summed E-state index contributed by atoms with van der Waals surface area (Å²) >= 11 is 5.98. The second-order valence-electron chi connectivity index (χ2n) is 5.63. The molecular weight excluding hydrogens is 268 g/mol. The summed E-state index contributed by atoms with van der Waals surface area (Å²) in [4.78, 5) is 6.93. The van der Waals surface area contributed by atoms with E-state index in [0.717, 1.165) is 24.6 Å². The Morgan fingerprint density at radius 1 is 1.20 bits per heavy atom. The lowest BCUT2D eigenvalue weighted by Gasteiger charge is -2.28. The Balaban J connectivity index is 1.78. The summed E-state index contributed by atoms with van der Waals surface area (Å²) in [5.74, 6) is 0.714. The predicted octanol–water partition coefficient (Wildman–Crippen LogP) is 4.22. The van der Waals surface area contributed by atoms with Gasteiger partial charge in [0.2, 0.25) is 0 Å². The van der Waals surface area contributed by atoms with Gasteiger partial charge in [-0.15, -0.1) is 11.6 Å². The highest BCUT2D eigenvalue weighted by Gasteiger charge is 2.22. The van der Waals surface area contributed by atoms with Crippen molar-refractivity contribution < 1.29 is 0 Å². The highest BCUT2D eigenvalue weighted by Crippen LogP contribution is 2.25. The molecular formula is C17H21ClN2. The molecule has 0 aliphatic heterocycles. The van der Waals surface area contributed by atoms with Crippen LogP contribution in [0, 0.1) is 0 Å². The number of nitrogens with zero attached hydrogens (tertiary/aromatic N) is 2. The van der Waals surface area contributed by atoms with Gasteiger partial charge in [-0.25, -0.2) is 0 Å². The first kappa shape index (κ1) is 13.8. The standard InChI is InChI=1S/C17H21ClN2/c18-9-11-20(16-5-1-2-6-16)13-14-7-8-17-15(12-14)4-3-10-19-17/h3-4,7-8,10,12,16H,1-2,5-6,9,11,13H2. The fourth-order valence-electron chi connectivity index (χ4n) is 3.23. The molecule has 106 valence electrons. The fourth-order valence-corrected chi connectivity index (χ4v) is 3.44. The molecule has 0 spiro atoms. The van der Waals surface area contributed by atoms with Gasteiger partial charge in [-0.3, -0.25) is 9.88 Å². The van der Waals surface area contributed by atoms with Crippen molar-refractivity contribution in [1.29, 1.82) is 0 Å². The first-order chi connectivity index (χ1) is 9.86. The molecule has 3 rings (SSSR count). The van der Waals surface area contributed by atoms with Crippen LogP contribution in [0.15, 0.2) is 36.5 Å². The number of benzene rings is 1. The zero-order valence-corrected chi connectivity index (χ0v) is 12.5. The maximum Gasteiger partial charge on any atom is 0.0702 e. The van der Waals surface area contributed by atoms with E-state index < -0.39 is 0 Å². The molecule has 1 aliphatic carbocycles. The summed E-state index contributed by atoms with van der Waals surface area (Å²) < 4.78 is 0. The normalized spacial score (nSPS) is 16.3. The molecule has 1 aromatic carbocycles. The third kappa shape index (κ3) is 3.13. The molecule has 2 nitrogen and oxygen atoms in total. The largest absolute Gasteiger partial charge is 0.295 e. The van der Waals surface area contributed by atoms with Gasteiger partial charge in [-0.1, -0.05) is 25.0 Å². The van der Waals surface area contributed by atoms with Crippen molar-refractivity contribution in [3.8, 4) is 0 Å². The van der Waals surface area contributed by atoms with E-state index in [1.807, 2.05) is 12.3 Å². The van der Waals surface area contributed by atoms with Gasteiger partial charge >= 0.3 is 0 Å². The van der Waals surface area contributed by atoms with Crippen LogP contribution in [0.2, 0.25) is 0 Å². The SMILES string of the molecule is ClCCN(Cc1ccc2ncccc2c1)C1CCCC1. The maximum atomic E-state index is 5.98. The molecule has 0 unspecified atom stereocenters. The number of hydrogen-bond acceptors (Lipinski definition) is 2. The molecule has 3 heteroatoms. The number of aromatic nitrogens is 1. The van der Waals surface area contributed by atoms with Crippen molar-refractivity contribution in [3.63, 3.8) is 0 Å². The summed E-state index contributed by atoms with van der Waals surface area (Å²) in [6.07, 6.45) is 7.23. The van der Waals surface area contributed by atoms with Crippen LogP contribution in [0.25, 0.3) is 10.9 Å². The van der Waals surface area contributed by atoms with Crippen LogP contribution in [0.3, 0.4) is 0 Å². The van der Waals surface area contributed by atoms with Gasteiger partial charge in [0.05, 0.1) is 5.52 Å². The molecule has 0 saturated heterocycles. The lowest BCUT2D eigenvalue weighted by Crippen LogP contribution is -2.34.